The Morgan fingerprint density at radius 2 is 1.97 bits per heavy atom. The first-order valence-electron chi connectivity index (χ1n) is 11.3. The number of aromatic nitrogens is 3. The van der Waals surface area contributed by atoms with Gasteiger partial charge in [-0.2, -0.15) is 0 Å². The summed E-state index contributed by atoms with van der Waals surface area (Å²) in [5.74, 6) is 0.337. The fraction of sp³-hybridized carbons (Fsp3) is 0.269. The Hall–Kier alpha value is -3.23. The number of ether oxygens (including phenoxy) is 1. The molecule has 1 amide bonds. The average Bonchev–Trinajstić information content (AvgIpc) is 3.20. The zero-order valence-electron chi connectivity index (χ0n) is 19.0. The van der Waals surface area contributed by atoms with E-state index in [4.69, 9.17) is 9.72 Å². The Morgan fingerprint density at radius 1 is 1.12 bits per heavy atom. The minimum Gasteiger partial charge on any atom is -0.382 e. The van der Waals surface area contributed by atoms with E-state index in [1.165, 1.54) is 12.1 Å². The zero-order valence-corrected chi connectivity index (χ0v) is 19.9. The van der Waals surface area contributed by atoms with E-state index >= 15 is 0 Å². The quantitative estimate of drug-likeness (QED) is 0.241. The summed E-state index contributed by atoms with van der Waals surface area (Å²) < 4.78 is 21.0. The van der Waals surface area contributed by atoms with Crippen LogP contribution in [0.2, 0.25) is 0 Å². The van der Waals surface area contributed by atoms with Crippen LogP contribution in [-0.4, -0.2) is 40.2 Å². The van der Waals surface area contributed by atoms with Crippen LogP contribution in [0.1, 0.15) is 34.8 Å². The molecule has 1 N–H and O–H groups in total. The van der Waals surface area contributed by atoms with Crippen LogP contribution in [0.15, 0.2) is 72.0 Å². The molecule has 2 heterocycles. The number of rotatable bonds is 11. The molecule has 34 heavy (non-hydrogen) atoms. The van der Waals surface area contributed by atoms with Crippen molar-refractivity contribution in [3.05, 3.63) is 89.4 Å². The summed E-state index contributed by atoms with van der Waals surface area (Å²) in [6, 6.07) is 18.0. The summed E-state index contributed by atoms with van der Waals surface area (Å²) in [6.45, 7) is 4.36. The first kappa shape index (κ1) is 23.9. The number of nitrogens with zero attached hydrogens (tertiary/aromatic N) is 3. The van der Waals surface area contributed by atoms with E-state index in [2.05, 4.69) is 10.3 Å². The Bertz CT molecular complexity index is 1240. The normalized spacial score (nSPS) is 11.1. The molecule has 4 aromatic rings. The molecule has 176 valence electrons. The van der Waals surface area contributed by atoms with Gasteiger partial charge in [-0.25, -0.2) is 14.4 Å². The maximum atomic E-state index is 13.7. The van der Waals surface area contributed by atoms with Crippen molar-refractivity contribution in [3.8, 4) is 0 Å². The highest BCUT2D eigenvalue weighted by Crippen LogP contribution is 2.27. The molecule has 0 unspecified atom stereocenters. The third-order valence-corrected chi connectivity index (χ3v) is 6.29. The smallest absolute Gasteiger partial charge is 0.251 e. The number of thioether (sulfide) groups is 1. The molecule has 0 radical (unpaired) electrons. The van der Waals surface area contributed by atoms with Crippen LogP contribution in [0.3, 0.4) is 0 Å². The van der Waals surface area contributed by atoms with Gasteiger partial charge in [0.05, 0.1) is 6.54 Å². The number of fused-ring (bicyclic) bond motifs is 1. The highest BCUT2D eigenvalue weighted by atomic mass is 32.2. The number of hydrogen-bond acceptors (Lipinski definition) is 5. The molecule has 2 aromatic carbocycles. The average molecular weight is 479 g/mol. The van der Waals surface area contributed by atoms with Crippen molar-refractivity contribution in [2.75, 3.05) is 19.8 Å². The summed E-state index contributed by atoms with van der Waals surface area (Å²) in [5, 5.41) is 3.73. The molecule has 0 aliphatic carbocycles. The number of hydrogen-bond donors (Lipinski definition) is 1. The SMILES string of the molecule is CCOCCCNC(=O)c1ccc(CSc2nc3cccnc3n2Cc2cccc(F)c2)cc1. The van der Waals surface area contributed by atoms with Gasteiger partial charge in [0.25, 0.3) is 5.91 Å². The minimum absolute atomic E-state index is 0.0846. The van der Waals surface area contributed by atoms with Gasteiger partial charge < -0.3 is 10.1 Å². The van der Waals surface area contributed by atoms with Crippen molar-refractivity contribution in [2.24, 2.45) is 0 Å². The lowest BCUT2D eigenvalue weighted by atomic mass is 10.1. The van der Waals surface area contributed by atoms with Crippen molar-refractivity contribution < 1.29 is 13.9 Å². The van der Waals surface area contributed by atoms with Gasteiger partial charge in [-0.05, 0) is 60.9 Å². The fourth-order valence-electron chi connectivity index (χ4n) is 3.53. The maximum Gasteiger partial charge on any atom is 0.251 e. The third-order valence-electron chi connectivity index (χ3n) is 5.24. The zero-order chi connectivity index (χ0) is 23.8. The van der Waals surface area contributed by atoms with E-state index < -0.39 is 0 Å². The number of pyridine rings is 1. The highest BCUT2D eigenvalue weighted by Gasteiger charge is 2.13. The van der Waals surface area contributed by atoms with Crippen LogP contribution < -0.4 is 5.32 Å². The lowest BCUT2D eigenvalue weighted by Crippen LogP contribution is -2.25. The van der Waals surface area contributed by atoms with Gasteiger partial charge in [0.15, 0.2) is 10.8 Å². The molecule has 0 aliphatic rings. The lowest BCUT2D eigenvalue weighted by Gasteiger charge is -2.09. The van der Waals surface area contributed by atoms with Crippen LogP contribution in [0.25, 0.3) is 11.2 Å². The first-order chi connectivity index (χ1) is 16.6. The van der Waals surface area contributed by atoms with Crippen molar-refractivity contribution >= 4 is 28.8 Å². The molecule has 8 heteroatoms. The molecule has 0 saturated carbocycles. The van der Waals surface area contributed by atoms with Crippen molar-refractivity contribution in [3.63, 3.8) is 0 Å². The van der Waals surface area contributed by atoms with Gasteiger partial charge in [0, 0.05) is 37.3 Å². The van der Waals surface area contributed by atoms with Crippen LogP contribution in [0, 0.1) is 5.82 Å². The Morgan fingerprint density at radius 3 is 2.76 bits per heavy atom. The number of carbonyl (C=O) groups is 1. The molecule has 0 bridgehead atoms. The van der Waals surface area contributed by atoms with Crippen LogP contribution in [0.4, 0.5) is 4.39 Å². The first-order valence-corrected chi connectivity index (χ1v) is 12.3. The van der Waals surface area contributed by atoms with Gasteiger partial charge in [-0.3, -0.25) is 9.36 Å². The fourth-order valence-corrected chi connectivity index (χ4v) is 4.49. The molecule has 4 rings (SSSR count). The molecule has 2 aromatic heterocycles. The second-order valence-corrected chi connectivity index (χ2v) is 8.69. The number of imidazole rings is 1. The van der Waals surface area contributed by atoms with Crippen molar-refractivity contribution in [1.82, 2.24) is 19.9 Å². The van der Waals surface area contributed by atoms with Crippen LogP contribution in [0.5, 0.6) is 0 Å². The van der Waals surface area contributed by atoms with E-state index in [0.29, 0.717) is 37.6 Å². The van der Waals surface area contributed by atoms with E-state index in [-0.39, 0.29) is 11.7 Å². The molecule has 6 nitrogen and oxygen atoms in total. The van der Waals surface area contributed by atoms with Gasteiger partial charge in [0.2, 0.25) is 0 Å². The predicted octanol–water partition coefficient (Wildman–Crippen LogP) is 5.07. The van der Waals surface area contributed by atoms with E-state index in [1.54, 1.807) is 24.0 Å². The van der Waals surface area contributed by atoms with Gasteiger partial charge in [0.1, 0.15) is 11.3 Å². The monoisotopic (exact) mass is 478 g/mol. The summed E-state index contributed by atoms with van der Waals surface area (Å²) in [6.07, 6.45) is 2.53. The molecular formula is C26H27FN4O2S. The molecule has 0 saturated heterocycles. The molecular weight excluding hydrogens is 451 g/mol. The van der Waals surface area contributed by atoms with Gasteiger partial charge in [-0.15, -0.1) is 0 Å². The third kappa shape index (κ3) is 6.21. The maximum absolute atomic E-state index is 13.7. The number of carbonyl (C=O) groups excluding carboxylic acids is 1. The van der Waals surface area contributed by atoms with E-state index in [9.17, 15) is 9.18 Å². The summed E-state index contributed by atoms with van der Waals surface area (Å²) in [4.78, 5) is 21.5. The second kappa shape index (κ2) is 11.8. The predicted molar refractivity (Wildman–Crippen MR) is 132 cm³/mol. The molecule has 0 atom stereocenters. The standard InChI is InChI=1S/C26H27FN4O2S/c1-2-33-15-5-14-29-25(32)21-11-9-19(10-12-21)18-34-26-30-23-8-4-13-28-24(23)31(26)17-20-6-3-7-22(27)16-20/h3-4,6-13,16H,2,5,14-15,17-18H2,1H3,(H,29,32). The van der Waals surface area contributed by atoms with E-state index in [1.807, 2.05) is 54.0 Å². The number of nitrogens with one attached hydrogen (secondary N) is 1. The minimum atomic E-state index is -0.262. The largest absolute Gasteiger partial charge is 0.382 e. The Labute approximate surface area is 202 Å². The van der Waals surface area contributed by atoms with Gasteiger partial charge >= 0.3 is 0 Å². The molecule has 0 fully saturated rings. The van der Waals surface area contributed by atoms with Crippen LogP contribution in [-0.2, 0) is 17.0 Å². The van der Waals surface area contributed by atoms with E-state index in [0.717, 1.165) is 33.9 Å². The van der Waals surface area contributed by atoms with Gasteiger partial charge in [-0.1, -0.05) is 36.0 Å². The number of amides is 1. The molecule has 0 aliphatic heterocycles. The summed E-state index contributed by atoms with van der Waals surface area (Å²) in [5.41, 5.74) is 4.13. The Kier molecular flexibility index (Phi) is 8.27. The Balaban J connectivity index is 1.42. The molecule has 0 spiro atoms. The topological polar surface area (TPSA) is 69.0 Å². The summed E-state index contributed by atoms with van der Waals surface area (Å²) in [7, 11) is 0. The van der Waals surface area contributed by atoms with Crippen molar-refractivity contribution in [2.45, 2.75) is 30.8 Å². The van der Waals surface area contributed by atoms with Crippen molar-refractivity contribution in [1.29, 1.82) is 0 Å². The summed E-state index contributed by atoms with van der Waals surface area (Å²) >= 11 is 1.59. The van der Waals surface area contributed by atoms with Crippen LogP contribution >= 0.6 is 11.8 Å². The second-order valence-electron chi connectivity index (χ2n) is 7.75. The number of benzene rings is 2. The number of halogens is 1. The lowest BCUT2D eigenvalue weighted by molar-refractivity contribution is 0.0944. The highest BCUT2D eigenvalue weighted by molar-refractivity contribution is 7.98.